The Bertz CT molecular complexity index is 1840. The highest BCUT2D eigenvalue weighted by atomic mass is 19.1. The average molecular weight is 523 g/mol. The third-order valence-electron chi connectivity index (χ3n) is 6.19. The molecule has 10 nitrogen and oxygen atoms in total. The van der Waals surface area contributed by atoms with Crippen LogP contribution < -0.4 is 5.32 Å². The van der Waals surface area contributed by atoms with Gasteiger partial charge in [0.2, 0.25) is 5.91 Å². The molecule has 11 heteroatoms. The molecule has 6 rings (SSSR count). The summed E-state index contributed by atoms with van der Waals surface area (Å²) in [4.78, 5) is 30.6. The van der Waals surface area contributed by atoms with Gasteiger partial charge in [-0.25, -0.2) is 9.37 Å². The van der Waals surface area contributed by atoms with Crippen molar-refractivity contribution in [1.29, 1.82) is 0 Å². The molecule has 6 aromatic rings. The van der Waals surface area contributed by atoms with E-state index in [0.29, 0.717) is 34.0 Å². The van der Waals surface area contributed by atoms with Gasteiger partial charge in [0.1, 0.15) is 17.3 Å². The minimum Gasteiger partial charge on any atom is -0.508 e. The van der Waals surface area contributed by atoms with Crippen LogP contribution in [-0.4, -0.2) is 66.7 Å². The van der Waals surface area contributed by atoms with Crippen molar-refractivity contribution in [3.05, 3.63) is 73.1 Å². The zero-order valence-corrected chi connectivity index (χ0v) is 21.0. The lowest BCUT2D eigenvalue weighted by molar-refractivity contribution is -0.116. The highest BCUT2D eigenvalue weighted by Gasteiger charge is 2.16. The predicted octanol–water partition coefficient (Wildman–Crippen LogP) is 4.58. The van der Waals surface area contributed by atoms with Gasteiger partial charge in [-0.15, -0.1) is 0 Å². The summed E-state index contributed by atoms with van der Waals surface area (Å²) in [5.41, 5.74) is 5.91. The number of carbonyl (C=O) groups excluding carboxylic acids is 1. The Morgan fingerprint density at radius 3 is 2.64 bits per heavy atom. The number of likely N-dealkylation sites (N-methyl/N-ethyl adjacent to an activating group) is 1. The zero-order valence-electron chi connectivity index (χ0n) is 21.0. The average Bonchev–Trinajstić information content (AvgIpc) is 3.51. The highest BCUT2D eigenvalue weighted by Crippen LogP contribution is 2.35. The fraction of sp³-hybridized carbons (Fsp3) is 0.107. The number of pyridine rings is 3. The quantitative estimate of drug-likeness (QED) is 0.251. The number of nitrogens with zero attached hydrogens (tertiary/aromatic N) is 5. The first-order chi connectivity index (χ1) is 18.8. The zero-order chi connectivity index (χ0) is 27.1. The minimum absolute atomic E-state index is 0.134. The molecule has 1 aromatic carbocycles. The van der Waals surface area contributed by atoms with E-state index >= 15 is 0 Å². The number of aromatic hydroxyl groups is 1. The van der Waals surface area contributed by atoms with Gasteiger partial charge in [-0.3, -0.25) is 19.9 Å². The van der Waals surface area contributed by atoms with Gasteiger partial charge in [0, 0.05) is 57.6 Å². The van der Waals surface area contributed by atoms with E-state index in [4.69, 9.17) is 0 Å². The summed E-state index contributed by atoms with van der Waals surface area (Å²) >= 11 is 0. The molecule has 4 N–H and O–H groups in total. The molecule has 0 saturated carbocycles. The van der Waals surface area contributed by atoms with Gasteiger partial charge in [-0.1, -0.05) is 0 Å². The first kappa shape index (κ1) is 24.2. The van der Waals surface area contributed by atoms with Crippen molar-refractivity contribution < 1.29 is 14.3 Å². The first-order valence-electron chi connectivity index (χ1n) is 12.1. The van der Waals surface area contributed by atoms with Crippen LogP contribution in [-0.2, 0) is 4.79 Å². The summed E-state index contributed by atoms with van der Waals surface area (Å²) < 4.78 is 14.0. The smallest absolute Gasteiger partial charge is 0.238 e. The van der Waals surface area contributed by atoms with Crippen LogP contribution in [0.2, 0.25) is 0 Å². The molecule has 0 bridgehead atoms. The van der Waals surface area contributed by atoms with Gasteiger partial charge in [0.05, 0.1) is 29.8 Å². The van der Waals surface area contributed by atoms with Crippen molar-refractivity contribution in [2.75, 3.05) is 26.0 Å². The SMILES string of the molecule is CN(C)CC(=O)Nc1cncc(-c2cnc3[nH]nc(-c4cc5c(-c6cc(O)cc(F)c6)nccc5[nH]4)c3c2)c1. The second-order valence-electron chi connectivity index (χ2n) is 9.44. The molecule has 39 heavy (non-hydrogen) atoms. The lowest BCUT2D eigenvalue weighted by Crippen LogP contribution is -2.27. The molecule has 0 atom stereocenters. The minimum atomic E-state index is -0.549. The number of amides is 1. The van der Waals surface area contributed by atoms with Crippen LogP contribution in [0.3, 0.4) is 0 Å². The Kier molecular flexibility index (Phi) is 5.97. The van der Waals surface area contributed by atoms with Gasteiger partial charge >= 0.3 is 0 Å². The monoisotopic (exact) mass is 522 g/mol. The fourth-order valence-corrected chi connectivity index (χ4v) is 4.54. The van der Waals surface area contributed by atoms with Crippen molar-refractivity contribution in [2.24, 2.45) is 0 Å². The Labute approximate surface area is 221 Å². The number of hydrogen-bond donors (Lipinski definition) is 4. The standard InChI is InChI=1S/C28H23FN8O2/c1-37(2)14-25(39)33-19-6-16(11-30-13-19)17-8-22-27(35-36-28(22)32-12-17)24-10-21-23(34-24)3-4-31-26(21)15-5-18(29)9-20(38)7-15/h3-13,34,38H,14H2,1-2H3,(H,33,39)(H,32,35,36). The number of aromatic amines is 2. The van der Waals surface area contributed by atoms with Gasteiger partial charge in [-0.05, 0) is 50.5 Å². The number of phenols is 1. The van der Waals surface area contributed by atoms with E-state index in [9.17, 15) is 14.3 Å². The number of aromatic nitrogens is 6. The number of hydrogen-bond acceptors (Lipinski definition) is 7. The number of carbonyl (C=O) groups is 1. The number of halogens is 1. The molecule has 0 aliphatic rings. The Morgan fingerprint density at radius 1 is 0.974 bits per heavy atom. The van der Waals surface area contributed by atoms with Gasteiger partial charge < -0.3 is 20.3 Å². The van der Waals surface area contributed by atoms with Crippen molar-refractivity contribution in [2.45, 2.75) is 0 Å². The van der Waals surface area contributed by atoms with Crippen molar-refractivity contribution >= 4 is 33.5 Å². The van der Waals surface area contributed by atoms with Crippen LogP contribution >= 0.6 is 0 Å². The van der Waals surface area contributed by atoms with Gasteiger partial charge in [0.25, 0.3) is 0 Å². The summed E-state index contributed by atoms with van der Waals surface area (Å²) in [6.07, 6.45) is 6.65. The number of fused-ring (bicyclic) bond motifs is 2. The maximum atomic E-state index is 14.0. The van der Waals surface area contributed by atoms with E-state index < -0.39 is 5.82 Å². The fourth-order valence-electron chi connectivity index (χ4n) is 4.54. The van der Waals surface area contributed by atoms with Crippen molar-refractivity contribution in [1.82, 2.24) is 35.0 Å². The molecule has 0 aliphatic heterocycles. The number of phenolic OH excluding ortho intramolecular Hbond substituents is 1. The molecule has 5 aromatic heterocycles. The third-order valence-corrected chi connectivity index (χ3v) is 6.19. The van der Waals surface area contributed by atoms with E-state index in [0.717, 1.165) is 33.5 Å². The second kappa shape index (κ2) is 9.62. The molecule has 0 saturated heterocycles. The number of nitrogens with one attached hydrogen (secondary N) is 3. The normalized spacial score (nSPS) is 11.5. The highest BCUT2D eigenvalue weighted by molar-refractivity contribution is 6.00. The first-order valence-corrected chi connectivity index (χ1v) is 12.1. The van der Waals surface area contributed by atoms with Gasteiger partial charge in [-0.2, -0.15) is 5.10 Å². The lowest BCUT2D eigenvalue weighted by atomic mass is 10.1. The molecule has 0 aliphatic carbocycles. The second-order valence-corrected chi connectivity index (χ2v) is 9.44. The number of rotatable bonds is 6. The Balaban J connectivity index is 1.39. The molecule has 194 valence electrons. The Morgan fingerprint density at radius 2 is 1.82 bits per heavy atom. The molecule has 0 fully saturated rings. The maximum absolute atomic E-state index is 14.0. The van der Waals surface area contributed by atoms with Crippen LogP contribution in [0.5, 0.6) is 5.75 Å². The summed E-state index contributed by atoms with van der Waals surface area (Å²) in [7, 11) is 3.66. The van der Waals surface area contributed by atoms with Crippen LogP contribution in [0.15, 0.2) is 67.3 Å². The molecule has 1 amide bonds. The third kappa shape index (κ3) is 4.78. The molecule has 5 heterocycles. The molecule has 0 radical (unpaired) electrons. The topological polar surface area (TPSA) is 136 Å². The number of benzene rings is 1. The number of H-pyrrole nitrogens is 2. The Hall–Kier alpha value is -5.16. The predicted molar refractivity (Wildman–Crippen MR) is 146 cm³/mol. The van der Waals surface area contributed by atoms with Gasteiger partial charge in [0.15, 0.2) is 5.65 Å². The van der Waals surface area contributed by atoms with E-state index in [1.54, 1.807) is 29.7 Å². The molecule has 0 spiro atoms. The van der Waals surface area contributed by atoms with E-state index in [-0.39, 0.29) is 18.2 Å². The van der Waals surface area contributed by atoms with Crippen LogP contribution in [0, 0.1) is 5.82 Å². The van der Waals surface area contributed by atoms with Crippen LogP contribution in [0.1, 0.15) is 0 Å². The number of anilines is 1. The van der Waals surface area contributed by atoms with E-state index in [2.05, 4.69) is 35.5 Å². The maximum Gasteiger partial charge on any atom is 0.238 e. The van der Waals surface area contributed by atoms with E-state index in [1.807, 2.05) is 38.4 Å². The summed E-state index contributed by atoms with van der Waals surface area (Å²) in [6.45, 7) is 0.262. The van der Waals surface area contributed by atoms with Crippen LogP contribution in [0.25, 0.3) is 55.7 Å². The summed E-state index contributed by atoms with van der Waals surface area (Å²) in [5.74, 6) is -0.856. The molecule has 0 unspecified atom stereocenters. The summed E-state index contributed by atoms with van der Waals surface area (Å²) in [6, 6.07) is 11.4. The largest absolute Gasteiger partial charge is 0.508 e. The molecular formula is C28H23FN8O2. The van der Waals surface area contributed by atoms with E-state index in [1.165, 1.54) is 12.1 Å². The molecular weight excluding hydrogens is 499 g/mol. The van der Waals surface area contributed by atoms with Crippen LogP contribution in [0.4, 0.5) is 10.1 Å². The van der Waals surface area contributed by atoms with Crippen molar-refractivity contribution in [3.8, 4) is 39.5 Å². The summed E-state index contributed by atoms with van der Waals surface area (Å²) in [5, 5.41) is 21.7. The lowest BCUT2D eigenvalue weighted by Gasteiger charge is -2.10. The van der Waals surface area contributed by atoms with Crippen molar-refractivity contribution in [3.63, 3.8) is 0 Å².